The number of alkyl halides is 4. The number of halogens is 5. The van der Waals surface area contributed by atoms with Crippen LogP contribution in [0.2, 0.25) is 5.02 Å². The van der Waals surface area contributed by atoms with Crippen molar-refractivity contribution in [1.29, 1.82) is 0 Å². The third kappa shape index (κ3) is 7.13. The molecule has 0 saturated carbocycles. The molecule has 0 aliphatic carbocycles. The SMILES string of the molecule is C=C(C(=C)C(F)(F)F)C1Cc2nc(OC)nc(N3CCCn4nc(C(=O)N5CC(C(N)=O)C5)c(Cl)c4C3)c2CO1.FC1CC2CCCN2C1. The van der Waals surface area contributed by atoms with Crippen LogP contribution in [0.3, 0.4) is 0 Å². The van der Waals surface area contributed by atoms with Gasteiger partial charge in [0.1, 0.15) is 12.0 Å². The Balaban J connectivity index is 0.000000396. The van der Waals surface area contributed by atoms with Crippen LogP contribution >= 0.6 is 11.6 Å². The average molecular weight is 711 g/mol. The number of rotatable bonds is 6. The number of aryl methyl sites for hydroxylation is 1. The molecule has 2 amide bonds. The van der Waals surface area contributed by atoms with Gasteiger partial charge in [0.05, 0.1) is 54.3 Å². The van der Waals surface area contributed by atoms with Crippen molar-refractivity contribution in [3.8, 4) is 6.01 Å². The van der Waals surface area contributed by atoms with E-state index in [0.717, 1.165) is 13.0 Å². The minimum atomic E-state index is -4.62. The van der Waals surface area contributed by atoms with Gasteiger partial charge in [-0.1, -0.05) is 24.8 Å². The number of aromatic nitrogens is 4. The summed E-state index contributed by atoms with van der Waals surface area (Å²) in [7, 11) is 1.40. The van der Waals surface area contributed by atoms with Crippen LogP contribution in [0.1, 0.15) is 53.1 Å². The molecule has 3 saturated heterocycles. The minimum Gasteiger partial charge on any atom is -0.467 e. The predicted octanol–water partition coefficient (Wildman–Crippen LogP) is 3.61. The second-order valence-electron chi connectivity index (χ2n) is 13.0. The molecule has 0 spiro atoms. The number of amides is 2. The van der Waals surface area contributed by atoms with Crippen molar-refractivity contribution >= 4 is 29.2 Å². The number of anilines is 1. The summed E-state index contributed by atoms with van der Waals surface area (Å²) >= 11 is 6.67. The van der Waals surface area contributed by atoms with Gasteiger partial charge < -0.3 is 25.0 Å². The summed E-state index contributed by atoms with van der Waals surface area (Å²) in [6, 6.07) is 0.663. The Bertz CT molecular complexity index is 1630. The van der Waals surface area contributed by atoms with Crippen LogP contribution < -0.4 is 15.4 Å². The molecule has 2 N–H and O–H groups in total. The maximum atomic E-state index is 13.2. The van der Waals surface area contributed by atoms with E-state index in [-0.39, 0.29) is 66.8 Å². The predicted molar refractivity (Wildman–Crippen MR) is 171 cm³/mol. The highest BCUT2D eigenvalue weighted by Gasteiger charge is 2.40. The van der Waals surface area contributed by atoms with Crippen LogP contribution in [0.5, 0.6) is 6.01 Å². The summed E-state index contributed by atoms with van der Waals surface area (Å²) in [5, 5.41) is 4.66. The molecule has 2 aromatic rings. The number of carbonyl (C=O) groups excluding carboxylic acids is 2. The van der Waals surface area contributed by atoms with E-state index in [0.29, 0.717) is 54.9 Å². The van der Waals surface area contributed by atoms with Gasteiger partial charge in [-0.25, -0.2) is 4.39 Å². The van der Waals surface area contributed by atoms with E-state index in [1.165, 1.54) is 24.9 Å². The summed E-state index contributed by atoms with van der Waals surface area (Å²) in [5.74, 6) is -0.731. The first-order valence-corrected chi connectivity index (χ1v) is 16.6. The molecule has 266 valence electrons. The second kappa shape index (κ2) is 13.9. The van der Waals surface area contributed by atoms with Gasteiger partial charge in [-0.3, -0.25) is 19.2 Å². The Morgan fingerprint density at radius 1 is 1.10 bits per heavy atom. The van der Waals surface area contributed by atoms with Gasteiger partial charge >= 0.3 is 12.2 Å². The molecule has 17 heteroatoms. The topological polar surface area (TPSA) is 132 Å². The van der Waals surface area contributed by atoms with Crippen molar-refractivity contribution in [3.05, 3.63) is 52.0 Å². The fourth-order valence-electron chi connectivity index (χ4n) is 6.98. The van der Waals surface area contributed by atoms with Gasteiger partial charge in [-0.2, -0.15) is 28.2 Å². The smallest absolute Gasteiger partial charge is 0.416 e. The van der Waals surface area contributed by atoms with Crippen molar-refractivity contribution in [2.45, 2.75) is 76.3 Å². The summed E-state index contributed by atoms with van der Waals surface area (Å²) in [6.45, 7) is 10.2. The maximum absolute atomic E-state index is 13.2. The highest BCUT2D eigenvalue weighted by Crippen LogP contribution is 2.38. The number of likely N-dealkylation sites (tertiary alicyclic amines) is 1. The van der Waals surface area contributed by atoms with Gasteiger partial charge in [0.25, 0.3) is 5.91 Å². The number of primary amides is 1. The fraction of sp³-hybridized carbons (Fsp3) is 0.594. The van der Waals surface area contributed by atoms with E-state index in [1.54, 1.807) is 4.68 Å². The number of fused-ring (bicyclic) bond motifs is 3. The molecule has 5 aliphatic heterocycles. The zero-order valence-electron chi connectivity index (χ0n) is 27.1. The maximum Gasteiger partial charge on any atom is 0.416 e. The van der Waals surface area contributed by atoms with Crippen LogP contribution in [-0.4, -0.2) is 106 Å². The molecule has 0 aromatic carbocycles. The number of ether oxygens (including phenoxy) is 2. The first-order chi connectivity index (χ1) is 23.2. The normalized spacial score (nSPS) is 23.8. The monoisotopic (exact) mass is 710 g/mol. The Labute approximate surface area is 285 Å². The number of carbonyl (C=O) groups is 2. The van der Waals surface area contributed by atoms with Crippen LogP contribution in [0.25, 0.3) is 0 Å². The Kier molecular flexibility index (Phi) is 9.93. The number of methoxy groups -OCH3 is 1. The standard InChI is InChI=1S/C25H27ClF3N7O4.C7H12FN/c1-12(13(2)25(27,28)29)18-7-16-15(11-40-18)22(32-24(31-16)39-3)34-5-4-6-36-17(10-34)19(26)20(33-36)23(38)35-8-14(9-35)21(30)37;8-6-4-7-2-1-3-9(7)5-6/h14,18H,1-2,4-11H2,3H3,(H2,30,37);6-7H,1-5H2. The number of hydrogen-bond acceptors (Lipinski definition) is 9. The number of nitrogens with two attached hydrogens (primary N) is 1. The van der Waals surface area contributed by atoms with E-state index in [2.05, 4.69) is 33.1 Å². The highest BCUT2D eigenvalue weighted by atomic mass is 35.5. The third-order valence-electron chi connectivity index (χ3n) is 9.82. The van der Waals surface area contributed by atoms with Gasteiger partial charge in [0.2, 0.25) is 5.91 Å². The van der Waals surface area contributed by atoms with Gasteiger partial charge in [0, 0.05) is 50.7 Å². The van der Waals surface area contributed by atoms with Gasteiger partial charge in [0.15, 0.2) is 5.69 Å². The summed E-state index contributed by atoms with van der Waals surface area (Å²) in [5.41, 5.74) is 5.79. The highest BCUT2D eigenvalue weighted by molar-refractivity contribution is 6.34. The van der Waals surface area contributed by atoms with Crippen molar-refractivity contribution < 1.29 is 36.6 Å². The van der Waals surface area contributed by atoms with Crippen molar-refractivity contribution in [2.24, 2.45) is 11.7 Å². The van der Waals surface area contributed by atoms with Crippen molar-refractivity contribution in [2.75, 3.05) is 44.7 Å². The third-order valence-corrected chi connectivity index (χ3v) is 10.2. The molecule has 0 radical (unpaired) electrons. The molecular weight excluding hydrogens is 672 g/mol. The zero-order chi connectivity index (χ0) is 35.2. The van der Waals surface area contributed by atoms with Gasteiger partial charge in [-0.05, 0) is 37.8 Å². The molecule has 3 unspecified atom stereocenters. The quantitative estimate of drug-likeness (QED) is 0.353. The number of hydrogen-bond donors (Lipinski definition) is 1. The average Bonchev–Trinajstić information content (AvgIpc) is 3.65. The lowest BCUT2D eigenvalue weighted by molar-refractivity contribution is -0.125. The lowest BCUT2D eigenvalue weighted by Crippen LogP contribution is -2.54. The van der Waals surface area contributed by atoms with E-state index in [9.17, 15) is 27.2 Å². The van der Waals surface area contributed by atoms with Gasteiger partial charge in [-0.15, -0.1) is 0 Å². The summed E-state index contributed by atoms with van der Waals surface area (Å²) < 4.78 is 65.0. The molecule has 5 aliphatic rings. The van der Waals surface area contributed by atoms with E-state index in [4.69, 9.17) is 26.8 Å². The lowest BCUT2D eigenvalue weighted by atomic mass is 9.95. The van der Waals surface area contributed by atoms with Crippen LogP contribution in [0.15, 0.2) is 24.3 Å². The molecule has 7 heterocycles. The van der Waals surface area contributed by atoms with Crippen molar-refractivity contribution in [3.63, 3.8) is 0 Å². The van der Waals surface area contributed by atoms with Crippen molar-refractivity contribution in [1.82, 2.24) is 29.5 Å². The van der Waals surface area contributed by atoms with Crippen LogP contribution in [0.4, 0.5) is 23.4 Å². The molecule has 49 heavy (non-hydrogen) atoms. The molecule has 2 aromatic heterocycles. The summed E-state index contributed by atoms with van der Waals surface area (Å²) in [4.78, 5) is 39.0. The van der Waals surface area contributed by atoms with Crippen LogP contribution in [-0.2, 0) is 35.6 Å². The molecule has 3 atom stereocenters. The summed E-state index contributed by atoms with van der Waals surface area (Å²) in [6.07, 6.45) is -2.10. The Morgan fingerprint density at radius 2 is 1.86 bits per heavy atom. The second-order valence-corrected chi connectivity index (χ2v) is 13.4. The number of nitrogens with zero attached hydrogens (tertiary/aromatic N) is 7. The first-order valence-electron chi connectivity index (χ1n) is 16.2. The Hall–Kier alpha value is -3.76. The molecular formula is C32H39ClF4N8O4. The Morgan fingerprint density at radius 3 is 2.53 bits per heavy atom. The van der Waals surface area contributed by atoms with E-state index < -0.39 is 29.9 Å². The fourth-order valence-corrected chi connectivity index (χ4v) is 7.26. The van der Waals surface area contributed by atoms with E-state index >= 15 is 0 Å². The molecule has 3 fully saturated rings. The molecule has 7 rings (SSSR count). The largest absolute Gasteiger partial charge is 0.467 e. The molecule has 12 nitrogen and oxygen atoms in total. The van der Waals surface area contributed by atoms with E-state index in [1.807, 2.05) is 4.90 Å². The lowest BCUT2D eigenvalue weighted by Gasteiger charge is -2.36. The zero-order valence-corrected chi connectivity index (χ0v) is 27.9. The molecule has 0 bridgehead atoms. The minimum absolute atomic E-state index is 0.0302. The first kappa shape index (κ1) is 35.1. The van der Waals surface area contributed by atoms with Crippen LogP contribution in [0, 0.1) is 5.92 Å².